The standard InChI is InChI=1S/C15H27N5O/c1-6-8-12-17-13(16-3)10-14(18-12)20(9-7-2)11-15(21)19(4)5/h10H,6-9,11H2,1-5H3,(H,16,17,18). The van der Waals surface area contributed by atoms with Gasteiger partial charge in [0.05, 0.1) is 6.54 Å². The summed E-state index contributed by atoms with van der Waals surface area (Å²) in [4.78, 5) is 24.7. The Morgan fingerprint density at radius 1 is 1.24 bits per heavy atom. The average Bonchev–Trinajstić information content (AvgIpc) is 2.46. The van der Waals surface area contributed by atoms with Crippen molar-refractivity contribution in [2.24, 2.45) is 0 Å². The van der Waals surface area contributed by atoms with Crippen LogP contribution in [-0.2, 0) is 11.2 Å². The molecule has 0 aliphatic heterocycles. The van der Waals surface area contributed by atoms with E-state index in [0.29, 0.717) is 6.54 Å². The van der Waals surface area contributed by atoms with E-state index in [1.54, 1.807) is 19.0 Å². The molecule has 21 heavy (non-hydrogen) atoms. The lowest BCUT2D eigenvalue weighted by Crippen LogP contribution is -2.37. The number of hydrogen-bond donors (Lipinski definition) is 1. The van der Waals surface area contributed by atoms with Crippen LogP contribution in [0.1, 0.15) is 32.5 Å². The monoisotopic (exact) mass is 293 g/mol. The van der Waals surface area contributed by atoms with Crippen LogP contribution in [0.25, 0.3) is 0 Å². The second-order valence-electron chi connectivity index (χ2n) is 5.24. The number of nitrogens with zero attached hydrogens (tertiary/aromatic N) is 4. The van der Waals surface area contributed by atoms with Crippen molar-refractivity contribution in [3.8, 4) is 0 Å². The molecule has 1 rings (SSSR count). The molecule has 0 fully saturated rings. The van der Waals surface area contributed by atoms with E-state index in [1.807, 2.05) is 18.0 Å². The SMILES string of the molecule is CCCc1nc(NC)cc(N(CCC)CC(=O)N(C)C)n1. The van der Waals surface area contributed by atoms with Crippen LogP contribution in [0, 0.1) is 0 Å². The Balaban J connectivity index is 3.05. The minimum absolute atomic E-state index is 0.0742. The van der Waals surface area contributed by atoms with Crippen LogP contribution in [0.15, 0.2) is 6.07 Å². The molecule has 1 aromatic rings. The number of carbonyl (C=O) groups excluding carboxylic acids is 1. The van der Waals surface area contributed by atoms with Gasteiger partial charge in [-0.2, -0.15) is 0 Å². The predicted molar refractivity (Wildman–Crippen MR) is 86.8 cm³/mol. The molecule has 0 unspecified atom stereocenters. The van der Waals surface area contributed by atoms with Gasteiger partial charge >= 0.3 is 0 Å². The summed E-state index contributed by atoms with van der Waals surface area (Å²) in [5.74, 6) is 2.50. The van der Waals surface area contributed by atoms with Crippen molar-refractivity contribution >= 4 is 17.5 Å². The fraction of sp³-hybridized carbons (Fsp3) is 0.667. The van der Waals surface area contributed by atoms with Crippen LogP contribution in [-0.4, -0.2) is 55.0 Å². The predicted octanol–water partition coefficient (Wildman–Crippen LogP) is 1.78. The molecule has 0 aliphatic rings. The summed E-state index contributed by atoms with van der Waals surface area (Å²) in [5.41, 5.74) is 0. The number of carbonyl (C=O) groups is 1. The number of aryl methyl sites for hydroxylation is 1. The zero-order valence-corrected chi connectivity index (χ0v) is 13.8. The highest BCUT2D eigenvalue weighted by Crippen LogP contribution is 2.17. The molecule has 1 N–H and O–H groups in total. The molecule has 0 saturated heterocycles. The van der Waals surface area contributed by atoms with Crippen molar-refractivity contribution in [1.29, 1.82) is 0 Å². The lowest BCUT2D eigenvalue weighted by Gasteiger charge is -2.25. The number of nitrogens with one attached hydrogen (secondary N) is 1. The molecule has 0 spiro atoms. The second-order valence-corrected chi connectivity index (χ2v) is 5.24. The second kappa shape index (κ2) is 8.44. The largest absolute Gasteiger partial charge is 0.373 e. The zero-order chi connectivity index (χ0) is 15.8. The minimum Gasteiger partial charge on any atom is -0.373 e. The summed E-state index contributed by atoms with van der Waals surface area (Å²) in [7, 11) is 5.39. The molecule has 0 saturated carbocycles. The Bertz CT molecular complexity index is 461. The number of aromatic nitrogens is 2. The van der Waals surface area contributed by atoms with Gasteiger partial charge in [-0.05, 0) is 12.8 Å². The van der Waals surface area contributed by atoms with Gasteiger partial charge in [-0.3, -0.25) is 4.79 Å². The third-order valence-electron chi connectivity index (χ3n) is 3.13. The van der Waals surface area contributed by atoms with Crippen molar-refractivity contribution in [3.63, 3.8) is 0 Å². The molecule has 118 valence electrons. The number of amides is 1. The maximum absolute atomic E-state index is 12.0. The van der Waals surface area contributed by atoms with E-state index in [4.69, 9.17) is 0 Å². The topological polar surface area (TPSA) is 61.4 Å². The van der Waals surface area contributed by atoms with Gasteiger partial charge in [0, 0.05) is 40.2 Å². The highest BCUT2D eigenvalue weighted by molar-refractivity contribution is 5.80. The van der Waals surface area contributed by atoms with Crippen molar-refractivity contribution < 1.29 is 4.79 Å². The van der Waals surface area contributed by atoms with Crippen LogP contribution < -0.4 is 10.2 Å². The summed E-state index contributed by atoms with van der Waals surface area (Å²) in [6.45, 7) is 5.34. The van der Waals surface area contributed by atoms with Gasteiger partial charge in [-0.25, -0.2) is 9.97 Å². The van der Waals surface area contributed by atoms with Crippen molar-refractivity contribution in [2.75, 3.05) is 44.4 Å². The Morgan fingerprint density at radius 2 is 1.95 bits per heavy atom. The van der Waals surface area contributed by atoms with Crippen LogP contribution in [0.4, 0.5) is 11.6 Å². The van der Waals surface area contributed by atoms with E-state index in [9.17, 15) is 4.79 Å². The molecule has 0 aromatic carbocycles. The van der Waals surface area contributed by atoms with E-state index in [1.165, 1.54) is 0 Å². The first-order valence-corrected chi connectivity index (χ1v) is 7.52. The van der Waals surface area contributed by atoms with Crippen LogP contribution >= 0.6 is 0 Å². The summed E-state index contributed by atoms with van der Waals surface area (Å²) < 4.78 is 0. The first kappa shape index (κ1) is 17.2. The van der Waals surface area contributed by atoms with Gasteiger partial charge in [0.2, 0.25) is 5.91 Å². The lowest BCUT2D eigenvalue weighted by atomic mass is 10.3. The Morgan fingerprint density at radius 3 is 2.48 bits per heavy atom. The molecule has 1 aromatic heterocycles. The number of likely N-dealkylation sites (N-methyl/N-ethyl adjacent to an activating group) is 1. The van der Waals surface area contributed by atoms with Crippen LogP contribution in [0.2, 0.25) is 0 Å². The van der Waals surface area contributed by atoms with Gasteiger partial charge in [0.25, 0.3) is 0 Å². The maximum Gasteiger partial charge on any atom is 0.241 e. The molecule has 0 radical (unpaired) electrons. The van der Waals surface area contributed by atoms with Gasteiger partial charge in [0.1, 0.15) is 17.5 Å². The number of anilines is 2. The third-order valence-corrected chi connectivity index (χ3v) is 3.13. The summed E-state index contributed by atoms with van der Waals surface area (Å²) in [6.07, 6.45) is 2.80. The van der Waals surface area contributed by atoms with Crippen LogP contribution in [0.5, 0.6) is 0 Å². The van der Waals surface area contributed by atoms with E-state index in [0.717, 1.165) is 43.3 Å². The quantitative estimate of drug-likeness (QED) is 0.791. The normalized spacial score (nSPS) is 10.3. The van der Waals surface area contributed by atoms with Crippen molar-refractivity contribution in [1.82, 2.24) is 14.9 Å². The highest BCUT2D eigenvalue weighted by atomic mass is 16.2. The van der Waals surface area contributed by atoms with Crippen molar-refractivity contribution in [3.05, 3.63) is 11.9 Å². The van der Waals surface area contributed by atoms with E-state index in [-0.39, 0.29) is 5.91 Å². The molecule has 6 nitrogen and oxygen atoms in total. The van der Waals surface area contributed by atoms with Crippen LogP contribution in [0.3, 0.4) is 0 Å². The zero-order valence-electron chi connectivity index (χ0n) is 13.8. The lowest BCUT2D eigenvalue weighted by molar-refractivity contribution is -0.127. The van der Waals surface area contributed by atoms with E-state index in [2.05, 4.69) is 29.1 Å². The van der Waals surface area contributed by atoms with Gasteiger partial charge in [-0.1, -0.05) is 13.8 Å². The fourth-order valence-electron chi connectivity index (χ4n) is 1.96. The Labute approximate surface area is 127 Å². The Kier molecular flexibility index (Phi) is 6.91. The number of hydrogen-bond acceptors (Lipinski definition) is 5. The molecule has 0 aliphatic carbocycles. The average molecular weight is 293 g/mol. The molecular formula is C15H27N5O. The molecule has 1 heterocycles. The smallest absolute Gasteiger partial charge is 0.241 e. The summed E-state index contributed by atoms with van der Waals surface area (Å²) >= 11 is 0. The Hall–Kier alpha value is -1.85. The van der Waals surface area contributed by atoms with E-state index >= 15 is 0 Å². The van der Waals surface area contributed by atoms with Crippen molar-refractivity contribution in [2.45, 2.75) is 33.1 Å². The van der Waals surface area contributed by atoms with Gasteiger partial charge in [0.15, 0.2) is 0 Å². The molecule has 0 bridgehead atoms. The summed E-state index contributed by atoms with van der Waals surface area (Å²) in [6, 6.07) is 1.90. The molecule has 1 amide bonds. The highest BCUT2D eigenvalue weighted by Gasteiger charge is 2.15. The first-order chi connectivity index (χ1) is 10.0. The first-order valence-electron chi connectivity index (χ1n) is 7.52. The number of rotatable bonds is 8. The molecular weight excluding hydrogens is 266 g/mol. The fourth-order valence-corrected chi connectivity index (χ4v) is 1.96. The minimum atomic E-state index is 0.0742. The van der Waals surface area contributed by atoms with Gasteiger partial charge < -0.3 is 15.1 Å². The maximum atomic E-state index is 12.0. The molecule has 6 heteroatoms. The van der Waals surface area contributed by atoms with E-state index < -0.39 is 0 Å². The van der Waals surface area contributed by atoms with Gasteiger partial charge in [-0.15, -0.1) is 0 Å². The third kappa shape index (κ3) is 5.21. The molecule has 0 atom stereocenters. The summed E-state index contributed by atoms with van der Waals surface area (Å²) in [5, 5.41) is 3.07.